The highest BCUT2D eigenvalue weighted by Gasteiger charge is 2.25. The van der Waals surface area contributed by atoms with E-state index in [-0.39, 0.29) is 12.6 Å². The summed E-state index contributed by atoms with van der Waals surface area (Å²) in [6.07, 6.45) is 2.24. The number of thiophene rings is 1. The standard InChI is InChI=1S/C10H14ClNOS/c1-6(5-13)12-8-2-3-9-7(8)4-10(11)14-9/h4,6,8,12-13H,2-3,5H2,1H3. The normalized spacial score (nSPS) is 22.4. The average Bonchev–Trinajstić information content (AvgIpc) is 2.67. The van der Waals surface area contributed by atoms with Gasteiger partial charge in [-0.1, -0.05) is 11.6 Å². The number of hydrogen-bond acceptors (Lipinski definition) is 3. The quantitative estimate of drug-likeness (QED) is 0.837. The smallest absolute Gasteiger partial charge is 0.0934 e. The number of hydrogen-bond donors (Lipinski definition) is 2. The van der Waals surface area contributed by atoms with Crippen LogP contribution < -0.4 is 5.32 Å². The zero-order valence-electron chi connectivity index (χ0n) is 8.09. The fourth-order valence-corrected chi connectivity index (χ4v) is 3.26. The summed E-state index contributed by atoms with van der Waals surface area (Å²) < 4.78 is 0.873. The van der Waals surface area contributed by atoms with Gasteiger partial charge in [0, 0.05) is 17.0 Å². The number of halogens is 1. The van der Waals surface area contributed by atoms with Crippen molar-refractivity contribution in [3.63, 3.8) is 0 Å². The number of aliphatic hydroxyl groups excluding tert-OH is 1. The second kappa shape index (κ2) is 4.19. The minimum Gasteiger partial charge on any atom is -0.395 e. The summed E-state index contributed by atoms with van der Waals surface area (Å²) >= 11 is 7.63. The minimum atomic E-state index is 0.157. The molecule has 1 aromatic heterocycles. The summed E-state index contributed by atoms with van der Waals surface area (Å²) in [6.45, 7) is 2.18. The lowest BCUT2D eigenvalue weighted by atomic mass is 10.1. The van der Waals surface area contributed by atoms with Crippen molar-refractivity contribution in [1.29, 1.82) is 0 Å². The molecule has 0 fully saturated rings. The van der Waals surface area contributed by atoms with Gasteiger partial charge in [0.2, 0.25) is 0 Å². The van der Waals surface area contributed by atoms with E-state index in [0.717, 1.165) is 17.2 Å². The molecule has 2 unspecified atom stereocenters. The summed E-state index contributed by atoms with van der Waals surface area (Å²) in [5.74, 6) is 0. The molecule has 1 heterocycles. The van der Waals surface area contributed by atoms with Gasteiger partial charge in [0.15, 0.2) is 0 Å². The van der Waals surface area contributed by atoms with Crippen LogP contribution in [0.1, 0.15) is 29.8 Å². The molecule has 2 nitrogen and oxygen atoms in total. The number of fused-ring (bicyclic) bond motifs is 1. The molecule has 0 radical (unpaired) electrons. The first-order valence-electron chi connectivity index (χ1n) is 4.85. The van der Waals surface area contributed by atoms with Gasteiger partial charge in [0.1, 0.15) is 0 Å². The van der Waals surface area contributed by atoms with Gasteiger partial charge < -0.3 is 10.4 Å². The van der Waals surface area contributed by atoms with E-state index >= 15 is 0 Å². The van der Waals surface area contributed by atoms with E-state index in [2.05, 4.69) is 11.4 Å². The Balaban J connectivity index is 2.09. The van der Waals surface area contributed by atoms with Crippen molar-refractivity contribution in [1.82, 2.24) is 5.32 Å². The van der Waals surface area contributed by atoms with Crippen molar-refractivity contribution in [2.24, 2.45) is 0 Å². The third-order valence-corrected chi connectivity index (χ3v) is 3.95. The van der Waals surface area contributed by atoms with Gasteiger partial charge in [-0.15, -0.1) is 11.3 Å². The molecule has 1 aliphatic rings. The molecule has 2 rings (SSSR count). The Morgan fingerprint density at radius 2 is 2.57 bits per heavy atom. The van der Waals surface area contributed by atoms with E-state index in [4.69, 9.17) is 16.7 Å². The maximum absolute atomic E-state index is 8.96. The number of aliphatic hydroxyl groups is 1. The molecule has 0 bridgehead atoms. The Morgan fingerprint density at radius 3 is 3.29 bits per heavy atom. The third-order valence-electron chi connectivity index (χ3n) is 2.61. The number of nitrogens with one attached hydrogen (secondary N) is 1. The van der Waals surface area contributed by atoms with Crippen molar-refractivity contribution in [3.05, 3.63) is 20.8 Å². The predicted octanol–water partition coefficient (Wildman–Crippen LogP) is 2.36. The molecular formula is C10H14ClNOS. The summed E-state index contributed by atoms with van der Waals surface area (Å²) in [6, 6.07) is 2.59. The van der Waals surface area contributed by atoms with Gasteiger partial charge in [-0.05, 0) is 31.4 Å². The van der Waals surface area contributed by atoms with Crippen LogP contribution in [-0.2, 0) is 6.42 Å². The highest BCUT2D eigenvalue weighted by Crippen LogP contribution is 2.39. The summed E-state index contributed by atoms with van der Waals surface area (Å²) in [5.41, 5.74) is 1.33. The first-order chi connectivity index (χ1) is 6.70. The Labute approximate surface area is 92.9 Å². The van der Waals surface area contributed by atoms with Crippen molar-refractivity contribution < 1.29 is 5.11 Å². The molecule has 1 aliphatic carbocycles. The van der Waals surface area contributed by atoms with Gasteiger partial charge in [0.05, 0.1) is 10.9 Å². The Bertz CT molecular complexity index is 326. The number of rotatable bonds is 3. The fourth-order valence-electron chi connectivity index (χ4n) is 1.90. The number of aryl methyl sites for hydroxylation is 1. The van der Waals surface area contributed by atoms with Gasteiger partial charge in [-0.3, -0.25) is 0 Å². The molecule has 78 valence electrons. The lowest BCUT2D eigenvalue weighted by molar-refractivity contribution is 0.240. The molecular weight excluding hydrogens is 218 g/mol. The molecule has 0 spiro atoms. The van der Waals surface area contributed by atoms with E-state index in [1.54, 1.807) is 11.3 Å². The van der Waals surface area contributed by atoms with E-state index in [9.17, 15) is 0 Å². The molecule has 0 saturated carbocycles. The maximum atomic E-state index is 8.96. The van der Waals surface area contributed by atoms with Crippen molar-refractivity contribution in [3.8, 4) is 0 Å². The highest BCUT2D eigenvalue weighted by molar-refractivity contribution is 7.16. The van der Waals surface area contributed by atoms with Gasteiger partial charge in [0.25, 0.3) is 0 Å². The summed E-state index contributed by atoms with van der Waals surface area (Å²) in [7, 11) is 0. The van der Waals surface area contributed by atoms with Gasteiger partial charge in [-0.2, -0.15) is 0 Å². The Kier molecular flexibility index (Phi) is 3.12. The van der Waals surface area contributed by atoms with Crippen LogP contribution in [0.3, 0.4) is 0 Å². The SMILES string of the molecule is CC(CO)NC1CCc2sc(Cl)cc21. The second-order valence-electron chi connectivity index (χ2n) is 3.77. The molecule has 4 heteroatoms. The summed E-state index contributed by atoms with van der Waals surface area (Å²) in [4.78, 5) is 1.40. The second-order valence-corrected chi connectivity index (χ2v) is 5.54. The molecule has 2 N–H and O–H groups in total. The van der Waals surface area contributed by atoms with Crippen molar-refractivity contribution in [2.45, 2.75) is 31.8 Å². The van der Waals surface area contributed by atoms with E-state index < -0.39 is 0 Å². The molecule has 14 heavy (non-hydrogen) atoms. The highest BCUT2D eigenvalue weighted by atomic mass is 35.5. The monoisotopic (exact) mass is 231 g/mol. The van der Waals surface area contributed by atoms with Crippen LogP contribution in [-0.4, -0.2) is 17.8 Å². The Hall–Kier alpha value is -0.0900. The van der Waals surface area contributed by atoms with Crippen molar-refractivity contribution in [2.75, 3.05) is 6.61 Å². The van der Waals surface area contributed by atoms with Crippen LogP contribution in [0.5, 0.6) is 0 Å². The van der Waals surface area contributed by atoms with E-state index in [1.807, 2.05) is 6.92 Å². The van der Waals surface area contributed by atoms with Crippen LogP contribution >= 0.6 is 22.9 Å². The molecule has 2 atom stereocenters. The van der Waals surface area contributed by atoms with E-state index in [1.165, 1.54) is 10.4 Å². The van der Waals surface area contributed by atoms with Crippen LogP contribution in [0.4, 0.5) is 0 Å². The lowest BCUT2D eigenvalue weighted by Crippen LogP contribution is -2.31. The molecule has 0 aliphatic heterocycles. The van der Waals surface area contributed by atoms with Gasteiger partial charge >= 0.3 is 0 Å². The average molecular weight is 232 g/mol. The zero-order valence-corrected chi connectivity index (χ0v) is 9.66. The minimum absolute atomic E-state index is 0.157. The van der Waals surface area contributed by atoms with Crippen molar-refractivity contribution >= 4 is 22.9 Å². The lowest BCUT2D eigenvalue weighted by Gasteiger charge is -2.17. The molecule has 1 aromatic rings. The maximum Gasteiger partial charge on any atom is 0.0934 e. The molecule has 0 saturated heterocycles. The fraction of sp³-hybridized carbons (Fsp3) is 0.600. The van der Waals surface area contributed by atoms with Crippen LogP contribution in [0.15, 0.2) is 6.07 Å². The zero-order chi connectivity index (χ0) is 10.1. The first kappa shape index (κ1) is 10.4. The van der Waals surface area contributed by atoms with E-state index in [0.29, 0.717) is 6.04 Å². The molecule has 0 aromatic carbocycles. The van der Waals surface area contributed by atoms with Crippen LogP contribution in [0.25, 0.3) is 0 Å². The van der Waals surface area contributed by atoms with Gasteiger partial charge in [-0.25, -0.2) is 0 Å². The van der Waals surface area contributed by atoms with Crippen LogP contribution in [0, 0.1) is 0 Å². The van der Waals surface area contributed by atoms with Crippen LogP contribution in [0.2, 0.25) is 4.34 Å². The third kappa shape index (κ3) is 1.96. The topological polar surface area (TPSA) is 32.3 Å². The Morgan fingerprint density at radius 1 is 1.79 bits per heavy atom. The predicted molar refractivity (Wildman–Crippen MR) is 60.1 cm³/mol. The summed E-state index contributed by atoms with van der Waals surface area (Å²) in [5, 5.41) is 12.4. The first-order valence-corrected chi connectivity index (χ1v) is 6.05. The largest absolute Gasteiger partial charge is 0.395 e. The molecule has 0 amide bonds.